The predicted octanol–water partition coefficient (Wildman–Crippen LogP) is 3.09. The lowest BCUT2D eigenvalue weighted by Crippen LogP contribution is -2.34. The van der Waals surface area contributed by atoms with Crippen molar-refractivity contribution in [1.82, 2.24) is 5.32 Å². The zero-order chi connectivity index (χ0) is 13.9. The first-order valence-corrected chi connectivity index (χ1v) is 6.99. The second-order valence-corrected chi connectivity index (χ2v) is 5.21. The molecule has 102 valence electrons. The number of rotatable bonds is 1. The zero-order valence-corrected chi connectivity index (χ0v) is 11.7. The Morgan fingerprint density at radius 3 is 2.65 bits per heavy atom. The predicted molar refractivity (Wildman–Crippen MR) is 81.3 cm³/mol. The van der Waals surface area contributed by atoms with Crippen LogP contribution in [0, 0.1) is 0 Å². The van der Waals surface area contributed by atoms with Crippen molar-refractivity contribution >= 4 is 23.2 Å². The van der Waals surface area contributed by atoms with Gasteiger partial charge in [0.1, 0.15) is 0 Å². The fourth-order valence-electron chi connectivity index (χ4n) is 2.42. The van der Waals surface area contributed by atoms with E-state index in [1.54, 1.807) is 24.3 Å². The molecule has 2 aromatic rings. The summed E-state index contributed by atoms with van der Waals surface area (Å²) in [4.78, 5) is 14.5. The quantitative estimate of drug-likeness (QED) is 0.874. The highest BCUT2D eigenvalue weighted by Gasteiger charge is 2.21. The smallest absolute Gasteiger partial charge is 0.258 e. The molecule has 20 heavy (non-hydrogen) atoms. The average Bonchev–Trinajstić information content (AvgIpc) is 2.69. The van der Waals surface area contributed by atoms with E-state index < -0.39 is 0 Å². The summed E-state index contributed by atoms with van der Waals surface area (Å²) < 4.78 is 0. The number of para-hydroxylation sites is 1. The lowest BCUT2D eigenvalue weighted by atomic mass is 10.1. The van der Waals surface area contributed by atoms with Crippen molar-refractivity contribution in [2.45, 2.75) is 6.54 Å². The number of amides is 1. The molecule has 1 heterocycles. The molecule has 2 aromatic carbocycles. The maximum atomic E-state index is 12.7. The van der Waals surface area contributed by atoms with Crippen molar-refractivity contribution in [3.05, 3.63) is 64.7 Å². The van der Waals surface area contributed by atoms with Crippen molar-refractivity contribution < 1.29 is 4.79 Å². The third-order valence-corrected chi connectivity index (χ3v) is 3.70. The number of anilines is 1. The lowest BCUT2D eigenvalue weighted by molar-refractivity contribution is 0.0987. The number of halogens is 1. The van der Waals surface area contributed by atoms with Gasteiger partial charge in [0.15, 0.2) is 0 Å². The van der Waals surface area contributed by atoms with Crippen molar-refractivity contribution in [3.63, 3.8) is 0 Å². The van der Waals surface area contributed by atoms with Gasteiger partial charge in [0.25, 0.3) is 5.91 Å². The average molecular weight is 287 g/mol. The summed E-state index contributed by atoms with van der Waals surface area (Å²) in [5.41, 5.74) is 2.79. The zero-order valence-electron chi connectivity index (χ0n) is 11.0. The third-order valence-electron chi connectivity index (χ3n) is 3.45. The van der Waals surface area contributed by atoms with Crippen LogP contribution in [0.4, 0.5) is 5.69 Å². The molecule has 4 heteroatoms. The molecule has 0 aromatic heterocycles. The molecule has 0 bridgehead atoms. The molecule has 1 aliphatic rings. The molecular weight excluding hydrogens is 272 g/mol. The fourth-order valence-corrected chi connectivity index (χ4v) is 2.54. The molecule has 0 spiro atoms. The molecule has 1 N–H and O–H groups in total. The second kappa shape index (κ2) is 5.65. The number of benzene rings is 2. The van der Waals surface area contributed by atoms with Gasteiger partial charge in [0.2, 0.25) is 0 Å². The standard InChI is InChI=1S/C16H15ClN2O/c17-14-7-5-12(6-8-14)16(20)19-10-9-18-11-13-3-1-2-4-15(13)19/h1-8,18H,9-11H2. The van der Waals surface area contributed by atoms with E-state index in [-0.39, 0.29) is 5.91 Å². The number of fused-ring (bicyclic) bond motifs is 1. The van der Waals surface area contributed by atoms with Crippen LogP contribution in [-0.2, 0) is 6.54 Å². The van der Waals surface area contributed by atoms with Crippen LogP contribution in [0.3, 0.4) is 0 Å². The highest BCUT2D eigenvalue weighted by molar-refractivity contribution is 6.30. The number of nitrogens with one attached hydrogen (secondary N) is 1. The first kappa shape index (κ1) is 13.2. The molecule has 1 aliphatic heterocycles. The third kappa shape index (κ3) is 2.55. The Hall–Kier alpha value is -1.84. The van der Waals surface area contributed by atoms with Crippen molar-refractivity contribution in [2.75, 3.05) is 18.0 Å². The van der Waals surface area contributed by atoms with Gasteiger partial charge in [-0.15, -0.1) is 0 Å². The van der Waals surface area contributed by atoms with Crippen LogP contribution >= 0.6 is 11.6 Å². The molecule has 3 rings (SSSR count). The summed E-state index contributed by atoms with van der Waals surface area (Å²) in [5, 5.41) is 3.97. The van der Waals surface area contributed by atoms with Crippen LogP contribution in [0.25, 0.3) is 0 Å². The van der Waals surface area contributed by atoms with Crippen LogP contribution < -0.4 is 10.2 Å². The number of carbonyl (C=O) groups is 1. The Bertz CT molecular complexity index is 625. The molecule has 0 radical (unpaired) electrons. The Kier molecular flexibility index (Phi) is 3.72. The summed E-state index contributed by atoms with van der Waals surface area (Å²) in [5.74, 6) is 0.0119. The summed E-state index contributed by atoms with van der Waals surface area (Å²) in [6, 6.07) is 15.0. The van der Waals surface area contributed by atoms with Crippen molar-refractivity contribution in [3.8, 4) is 0 Å². The lowest BCUT2D eigenvalue weighted by Gasteiger charge is -2.22. The van der Waals surface area contributed by atoms with Gasteiger partial charge >= 0.3 is 0 Å². The maximum absolute atomic E-state index is 12.7. The Labute approximate surface area is 123 Å². The maximum Gasteiger partial charge on any atom is 0.258 e. The monoisotopic (exact) mass is 286 g/mol. The highest BCUT2D eigenvalue weighted by atomic mass is 35.5. The van der Waals surface area contributed by atoms with Crippen molar-refractivity contribution in [2.24, 2.45) is 0 Å². The fraction of sp³-hybridized carbons (Fsp3) is 0.188. The Balaban J connectivity index is 1.97. The van der Waals surface area contributed by atoms with E-state index in [1.807, 2.05) is 23.1 Å². The topological polar surface area (TPSA) is 32.3 Å². The summed E-state index contributed by atoms with van der Waals surface area (Å²) in [7, 11) is 0. The van der Waals surface area contributed by atoms with Gasteiger partial charge in [-0.05, 0) is 35.9 Å². The Morgan fingerprint density at radius 2 is 1.85 bits per heavy atom. The highest BCUT2D eigenvalue weighted by Crippen LogP contribution is 2.24. The molecular formula is C16H15ClN2O. The van der Waals surface area contributed by atoms with E-state index in [4.69, 9.17) is 11.6 Å². The van der Waals surface area contributed by atoms with Crippen LogP contribution in [0.15, 0.2) is 48.5 Å². The number of hydrogen-bond acceptors (Lipinski definition) is 2. The van der Waals surface area contributed by atoms with E-state index >= 15 is 0 Å². The van der Waals surface area contributed by atoms with E-state index in [9.17, 15) is 4.79 Å². The molecule has 0 unspecified atom stereocenters. The molecule has 0 atom stereocenters. The molecule has 1 amide bonds. The first-order chi connectivity index (χ1) is 9.75. The molecule has 0 saturated carbocycles. The number of hydrogen-bond donors (Lipinski definition) is 1. The van der Waals surface area contributed by atoms with Crippen LogP contribution in [0.2, 0.25) is 5.02 Å². The number of nitrogens with zero attached hydrogens (tertiary/aromatic N) is 1. The van der Waals surface area contributed by atoms with Gasteiger partial charge in [-0.3, -0.25) is 4.79 Å². The largest absolute Gasteiger partial charge is 0.311 e. The van der Waals surface area contributed by atoms with Crippen LogP contribution in [0.1, 0.15) is 15.9 Å². The normalized spacial score (nSPS) is 14.6. The van der Waals surface area contributed by atoms with E-state index in [1.165, 1.54) is 0 Å². The van der Waals surface area contributed by atoms with Gasteiger partial charge in [-0.2, -0.15) is 0 Å². The first-order valence-electron chi connectivity index (χ1n) is 6.62. The van der Waals surface area contributed by atoms with Gasteiger partial charge in [0, 0.05) is 35.9 Å². The van der Waals surface area contributed by atoms with Gasteiger partial charge in [-0.1, -0.05) is 29.8 Å². The minimum atomic E-state index is 0.0119. The molecule has 0 fully saturated rings. The summed E-state index contributed by atoms with van der Waals surface area (Å²) in [6.07, 6.45) is 0. The molecule has 0 aliphatic carbocycles. The van der Waals surface area contributed by atoms with E-state index in [2.05, 4.69) is 11.4 Å². The Morgan fingerprint density at radius 1 is 1.10 bits per heavy atom. The van der Waals surface area contributed by atoms with E-state index in [0.29, 0.717) is 17.1 Å². The SMILES string of the molecule is O=C(c1ccc(Cl)cc1)N1CCNCc2ccccc21. The van der Waals surface area contributed by atoms with Gasteiger partial charge in [0.05, 0.1) is 0 Å². The van der Waals surface area contributed by atoms with Crippen molar-refractivity contribution in [1.29, 1.82) is 0 Å². The summed E-state index contributed by atoms with van der Waals surface area (Å²) >= 11 is 5.87. The minimum absolute atomic E-state index is 0.0119. The summed E-state index contributed by atoms with van der Waals surface area (Å²) in [6.45, 7) is 2.24. The van der Waals surface area contributed by atoms with Crippen LogP contribution in [0.5, 0.6) is 0 Å². The van der Waals surface area contributed by atoms with Gasteiger partial charge < -0.3 is 10.2 Å². The molecule has 3 nitrogen and oxygen atoms in total. The molecule has 0 saturated heterocycles. The van der Waals surface area contributed by atoms with Gasteiger partial charge in [-0.25, -0.2) is 0 Å². The van der Waals surface area contributed by atoms with E-state index in [0.717, 1.165) is 24.3 Å². The second-order valence-electron chi connectivity index (χ2n) is 4.77. The van der Waals surface area contributed by atoms with Crippen LogP contribution in [-0.4, -0.2) is 19.0 Å². The minimum Gasteiger partial charge on any atom is -0.311 e. The number of carbonyl (C=O) groups excluding carboxylic acids is 1.